The number of carbonyl (C=O) groups excluding carboxylic acids is 3. The van der Waals surface area contributed by atoms with Crippen molar-refractivity contribution in [2.45, 2.75) is 94.8 Å². The number of unbranched alkanes of at least 4 members (excludes halogenated alkanes) is 3. The number of carbonyl (C=O) groups is 4. The lowest BCUT2D eigenvalue weighted by Gasteiger charge is -2.28. The zero-order valence-corrected chi connectivity index (χ0v) is 20.8. The Balaban J connectivity index is 2.84. The molecule has 35 heavy (non-hydrogen) atoms. The second-order valence-corrected chi connectivity index (χ2v) is 9.11. The van der Waals surface area contributed by atoms with E-state index in [-0.39, 0.29) is 12.3 Å². The molecule has 0 aromatic carbocycles. The number of carboxylic acid groups (broad SMARTS) is 1. The van der Waals surface area contributed by atoms with E-state index in [1.54, 1.807) is 0 Å². The van der Waals surface area contributed by atoms with E-state index < -0.39 is 42.0 Å². The molecule has 1 aliphatic rings. The minimum absolute atomic E-state index is 0.245. The minimum Gasteiger partial charge on any atom is -0.480 e. The largest absolute Gasteiger partial charge is 0.480 e. The number of hydrogen-bond donors (Lipinski definition) is 7. The second kappa shape index (κ2) is 17.2. The topological polar surface area (TPSA) is 220 Å². The SMILES string of the molecule is NCCCC[C@H](NC(=O)[C@H](CCCCN)NC(=O)[C@@H]1CCCN1C(=O)[C@@H](N)CCCCN)C(=O)O. The van der Waals surface area contributed by atoms with Crippen LogP contribution in [-0.2, 0) is 19.2 Å². The van der Waals surface area contributed by atoms with Gasteiger partial charge in [-0.05, 0) is 83.8 Å². The molecule has 0 aliphatic carbocycles. The first-order chi connectivity index (χ1) is 16.8. The van der Waals surface area contributed by atoms with Crippen molar-refractivity contribution >= 4 is 23.7 Å². The van der Waals surface area contributed by atoms with Gasteiger partial charge in [-0.15, -0.1) is 0 Å². The molecule has 0 spiro atoms. The second-order valence-electron chi connectivity index (χ2n) is 9.11. The predicted molar refractivity (Wildman–Crippen MR) is 133 cm³/mol. The van der Waals surface area contributed by atoms with Crippen LogP contribution in [0.25, 0.3) is 0 Å². The highest BCUT2D eigenvalue weighted by Gasteiger charge is 2.37. The molecule has 1 saturated heterocycles. The van der Waals surface area contributed by atoms with Crippen LogP contribution in [0, 0.1) is 0 Å². The molecule has 0 radical (unpaired) electrons. The van der Waals surface area contributed by atoms with Gasteiger partial charge < -0.3 is 43.6 Å². The van der Waals surface area contributed by atoms with Gasteiger partial charge in [-0.1, -0.05) is 6.42 Å². The zero-order chi connectivity index (χ0) is 26.2. The lowest BCUT2D eigenvalue weighted by atomic mass is 10.0. The van der Waals surface area contributed by atoms with Gasteiger partial charge in [-0.25, -0.2) is 4.79 Å². The summed E-state index contributed by atoms with van der Waals surface area (Å²) in [4.78, 5) is 52.0. The normalized spacial score (nSPS) is 18.1. The quantitative estimate of drug-likeness (QED) is 0.112. The molecule has 202 valence electrons. The van der Waals surface area contributed by atoms with Crippen LogP contribution in [-0.4, -0.2) is 84.0 Å². The molecule has 1 fully saturated rings. The van der Waals surface area contributed by atoms with E-state index in [1.807, 2.05) is 0 Å². The predicted octanol–water partition coefficient (Wildman–Crippen LogP) is -1.25. The van der Waals surface area contributed by atoms with Crippen molar-refractivity contribution in [3.8, 4) is 0 Å². The van der Waals surface area contributed by atoms with Crippen molar-refractivity contribution in [1.82, 2.24) is 15.5 Å². The van der Waals surface area contributed by atoms with E-state index in [0.29, 0.717) is 77.5 Å². The molecule has 3 amide bonds. The van der Waals surface area contributed by atoms with Crippen molar-refractivity contribution in [2.75, 3.05) is 26.2 Å². The number of amides is 3. The standard InChI is InChI=1S/C23H45N7O5/c24-12-4-1-8-16(27)22(33)30-15-7-11-19(30)21(32)28-17(9-2-5-13-25)20(31)29-18(23(34)35)10-3-6-14-26/h16-19H,1-15,24-27H2,(H,28,32)(H,29,31)(H,34,35)/t16-,17-,18-,19-/m0/s1. The van der Waals surface area contributed by atoms with Crippen LogP contribution < -0.4 is 33.6 Å². The number of nitrogens with zero attached hydrogens (tertiary/aromatic N) is 1. The summed E-state index contributed by atoms with van der Waals surface area (Å²) in [5.41, 5.74) is 22.6. The van der Waals surface area contributed by atoms with Crippen molar-refractivity contribution < 1.29 is 24.3 Å². The zero-order valence-electron chi connectivity index (χ0n) is 20.8. The van der Waals surface area contributed by atoms with Crippen LogP contribution in [0.5, 0.6) is 0 Å². The van der Waals surface area contributed by atoms with Crippen molar-refractivity contribution in [3.63, 3.8) is 0 Å². The van der Waals surface area contributed by atoms with Crippen LogP contribution in [0.4, 0.5) is 0 Å². The van der Waals surface area contributed by atoms with Gasteiger partial charge in [0.05, 0.1) is 6.04 Å². The summed E-state index contributed by atoms with van der Waals surface area (Å²) in [6.45, 7) is 1.82. The molecular formula is C23H45N7O5. The van der Waals surface area contributed by atoms with Crippen LogP contribution in [0.15, 0.2) is 0 Å². The average molecular weight is 500 g/mol. The Labute approximate surface area is 207 Å². The van der Waals surface area contributed by atoms with E-state index in [0.717, 1.165) is 12.8 Å². The molecule has 0 aromatic rings. The van der Waals surface area contributed by atoms with Gasteiger partial charge in [0.1, 0.15) is 18.1 Å². The summed E-state index contributed by atoms with van der Waals surface area (Å²) in [7, 11) is 0. The van der Waals surface area contributed by atoms with Crippen LogP contribution in [0.3, 0.4) is 0 Å². The first-order valence-electron chi connectivity index (χ1n) is 12.8. The lowest BCUT2D eigenvalue weighted by Crippen LogP contribution is -2.56. The minimum atomic E-state index is -1.14. The fourth-order valence-corrected chi connectivity index (χ4v) is 4.20. The molecule has 1 heterocycles. The van der Waals surface area contributed by atoms with Gasteiger partial charge in [0.25, 0.3) is 0 Å². The van der Waals surface area contributed by atoms with Crippen LogP contribution in [0.2, 0.25) is 0 Å². The van der Waals surface area contributed by atoms with Gasteiger partial charge in [0.2, 0.25) is 17.7 Å². The number of likely N-dealkylation sites (tertiary alicyclic amines) is 1. The Kier molecular flexibility index (Phi) is 15.1. The third-order valence-electron chi connectivity index (χ3n) is 6.27. The third-order valence-corrected chi connectivity index (χ3v) is 6.27. The summed E-state index contributed by atoms with van der Waals surface area (Å²) < 4.78 is 0. The van der Waals surface area contributed by atoms with E-state index in [2.05, 4.69) is 10.6 Å². The van der Waals surface area contributed by atoms with Crippen molar-refractivity contribution in [2.24, 2.45) is 22.9 Å². The number of nitrogens with two attached hydrogens (primary N) is 4. The molecule has 1 rings (SSSR count). The van der Waals surface area contributed by atoms with E-state index in [1.165, 1.54) is 4.90 Å². The number of aliphatic carboxylic acids is 1. The Hall–Kier alpha value is -2.28. The maximum absolute atomic E-state index is 13.1. The number of rotatable bonds is 18. The number of carboxylic acids is 1. The van der Waals surface area contributed by atoms with Gasteiger partial charge in [0, 0.05) is 6.54 Å². The molecule has 4 atom stereocenters. The first kappa shape index (κ1) is 30.8. The summed E-state index contributed by atoms with van der Waals surface area (Å²) in [5.74, 6) is -2.42. The molecule has 1 aliphatic heterocycles. The number of hydrogen-bond acceptors (Lipinski definition) is 8. The van der Waals surface area contributed by atoms with Crippen LogP contribution >= 0.6 is 0 Å². The summed E-state index contributed by atoms with van der Waals surface area (Å²) in [5, 5.41) is 14.8. The highest BCUT2D eigenvalue weighted by molar-refractivity contribution is 5.94. The van der Waals surface area contributed by atoms with Crippen molar-refractivity contribution in [1.29, 1.82) is 0 Å². The average Bonchev–Trinajstić information content (AvgIpc) is 3.32. The van der Waals surface area contributed by atoms with Crippen LogP contribution in [0.1, 0.15) is 70.6 Å². The summed E-state index contributed by atoms with van der Waals surface area (Å²) in [6, 6.07) is -3.42. The summed E-state index contributed by atoms with van der Waals surface area (Å²) in [6.07, 6.45) is 6.13. The highest BCUT2D eigenvalue weighted by atomic mass is 16.4. The monoisotopic (exact) mass is 499 g/mol. The molecule has 11 N–H and O–H groups in total. The van der Waals surface area contributed by atoms with Gasteiger partial charge in [-0.2, -0.15) is 0 Å². The molecule has 0 bridgehead atoms. The molecular weight excluding hydrogens is 454 g/mol. The smallest absolute Gasteiger partial charge is 0.326 e. The Morgan fingerprint density at radius 3 is 1.91 bits per heavy atom. The molecule has 12 heteroatoms. The Morgan fingerprint density at radius 2 is 1.37 bits per heavy atom. The lowest BCUT2D eigenvalue weighted by molar-refractivity contribution is -0.143. The van der Waals surface area contributed by atoms with E-state index >= 15 is 0 Å². The molecule has 0 aromatic heterocycles. The Morgan fingerprint density at radius 1 is 0.829 bits per heavy atom. The third kappa shape index (κ3) is 10.9. The molecule has 0 unspecified atom stereocenters. The Bertz CT molecular complexity index is 679. The maximum atomic E-state index is 13.1. The van der Waals surface area contributed by atoms with Gasteiger partial charge in [-0.3, -0.25) is 14.4 Å². The molecule has 12 nitrogen and oxygen atoms in total. The highest BCUT2D eigenvalue weighted by Crippen LogP contribution is 2.20. The van der Waals surface area contributed by atoms with Crippen molar-refractivity contribution in [3.05, 3.63) is 0 Å². The fourth-order valence-electron chi connectivity index (χ4n) is 4.20. The van der Waals surface area contributed by atoms with Gasteiger partial charge in [0.15, 0.2) is 0 Å². The fraction of sp³-hybridized carbons (Fsp3) is 0.826. The maximum Gasteiger partial charge on any atom is 0.326 e. The summed E-state index contributed by atoms with van der Waals surface area (Å²) >= 11 is 0. The van der Waals surface area contributed by atoms with Gasteiger partial charge >= 0.3 is 5.97 Å². The molecule has 0 saturated carbocycles. The van der Waals surface area contributed by atoms with E-state index in [4.69, 9.17) is 22.9 Å². The first-order valence-corrected chi connectivity index (χ1v) is 12.8. The number of nitrogens with one attached hydrogen (secondary N) is 2. The van der Waals surface area contributed by atoms with E-state index in [9.17, 15) is 24.3 Å².